The van der Waals surface area contributed by atoms with Gasteiger partial charge in [-0.15, -0.1) is 0 Å². The van der Waals surface area contributed by atoms with Crippen molar-refractivity contribution in [2.45, 2.75) is 45.6 Å². The van der Waals surface area contributed by atoms with Gasteiger partial charge >= 0.3 is 0 Å². The quantitative estimate of drug-likeness (QED) is 0.798. The molecule has 0 saturated carbocycles. The van der Waals surface area contributed by atoms with Crippen LogP contribution in [-0.2, 0) is 9.59 Å². The molecule has 1 aliphatic heterocycles. The average molecular weight is 262 g/mol. The maximum Gasteiger partial charge on any atom is 0.249 e. The molecular formula is C13H18N4O2. The Kier molecular flexibility index (Phi) is 3.78. The first-order chi connectivity index (χ1) is 8.95. The van der Waals surface area contributed by atoms with Crippen LogP contribution in [0.5, 0.6) is 0 Å². The normalized spacial score (nSPS) is 19.5. The van der Waals surface area contributed by atoms with Crippen molar-refractivity contribution in [1.29, 1.82) is 0 Å². The minimum absolute atomic E-state index is 0.226. The molecule has 1 fully saturated rings. The summed E-state index contributed by atoms with van der Waals surface area (Å²) in [6.45, 7) is 6.00. The number of carbonyl (C=O) groups excluding carboxylic acids is 2. The van der Waals surface area contributed by atoms with Crippen LogP contribution < -0.4 is 10.6 Å². The lowest BCUT2D eigenvalue weighted by Gasteiger charge is -2.22. The highest BCUT2D eigenvalue weighted by Crippen LogP contribution is 2.16. The van der Waals surface area contributed by atoms with Crippen molar-refractivity contribution in [3.63, 3.8) is 0 Å². The first kappa shape index (κ1) is 13.5. The van der Waals surface area contributed by atoms with Gasteiger partial charge in [-0.2, -0.15) is 0 Å². The fourth-order valence-electron chi connectivity index (χ4n) is 1.94. The Bertz CT molecular complexity index is 513. The molecule has 2 heterocycles. The minimum atomic E-state index is -0.445. The van der Waals surface area contributed by atoms with E-state index in [0.29, 0.717) is 24.7 Å². The summed E-state index contributed by atoms with van der Waals surface area (Å²) in [7, 11) is 0. The van der Waals surface area contributed by atoms with Crippen molar-refractivity contribution in [3.05, 3.63) is 17.5 Å². The van der Waals surface area contributed by atoms with E-state index in [1.807, 2.05) is 13.0 Å². The second-order valence-electron chi connectivity index (χ2n) is 5.06. The van der Waals surface area contributed by atoms with Crippen LogP contribution in [0.15, 0.2) is 6.07 Å². The lowest BCUT2D eigenvalue weighted by atomic mass is 10.1. The smallest absolute Gasteiger partial charge is 0.249 e. The van der Waals surface area contributed by atoms with Crippen LogP contribution in [0.1, 0.15) is 44.0 Å². The number of aryl methyl sites for hydroxylation is 1. The largest absolute Gasteiger partial charge is 0.342 e. The molecule has 0 radical (unpaired) electrons. The highest BCUT2D eigenvalue weighted by atomic mass is 16.2. The van der Waals surface area contributed by atoms with E-state index in [-0.39, 0.29) is 11.8 Å². The minimum Gasteiger partial charge on any atom is -0.342 e. The SMILES string of the molecule is Cc1cc(C(C)C)nc(NC2CCC(=O)NC2=O)n1. The van der Waals surface area contributed by atoms with Crippen molar-refractivity contribution in [2.24, 2.45) is 0 Å². The molecule has 0 aliphatic carbocycles. The molecule has 1 aromatic rings. The summed E-state index contributed by atoms with van der Waals surface area (Å²) in [5.74, 6) is 0.200. The number of piperidine rings is 1. The molecule has 2 rings (SSSR count). The van der Waals surface area contributed by atoms with Gasteiger partial charge in [0.25, 0.3) is 0 Å². The average Bonchev–Trinajstić information content (AvgIpc) is 2.32. The molecule has 1 unspecified atom stereocenters. The first-order valence-corrected chi connectivity index (χ1v) is 6.41. The summed E-state index contributed by atoms with van der Waals surface area (Å²) < 4.78 is 0. The maximum absolute atomic E-state index is 11.7. The predicted molar refractivity (Wildman–Crippen MR) is 70.7 cm³/mol. The van der Waals surface area contributed by atoms with E-state index >= 15 is 0 Å². The van der Waals surface area contributed by atoms with Gasteiger partial charge in [-0.25, -0.2) is 9.97 Å². The Morgan fingerprint density at radius 2 is 2.11 bits per heavy atom. The number of rotatable bonds is 3. The third kappa shape index (κ3) is 3.27. The molecule has 0 bridgehead atoms. The monoisotopic (exact) mass is 262 g/mol. The molecule has 6 heteroatoms. The Labute approximate surface area is 112 Å². The van der Waals surface area contributed by atoms with Crippen molar-refractivity contribution in [1.82, 2.24) is 15.3 Å². The first-order valence-electron chi connectivity index (χ1n) is 6.41. The second-order valence-corrected chi connectivity index (χ2v) is 5.06. The summed E-state index contributed by atoms with van der Waals surface area (Å²) >= 11 is 0. The fraction of sp³-hybridized carbons (Fsp3) is 0.538. The van der Waals surface area contributed by atoms with Gasteiger partial charge in [0.2, 0.25) is 17.8 Å². The molecule has 1 atom stereocenters. The van der Waals surface area contributed by atoms with E-state index in [9.17, 15) is 9.59 Å². The van der Waals surface area contributed by atoms with Crippen LogP contribution >= 0.6 is 0 Å². The third-order valence-corrected chi connectivity index (χ3v) is 3.01. The lowest BCUT2D eigenvalue weighted by molar-refractivity contribution is -0.133. The van der Waals surface area contributed by atoms with Gasteiger partial charge in [-0.1, -0.05) is 13.8 Å². The number of nitrogens with one attached hydrogen (secondary N) is 2. The van der Waals surface area contributed by atoms with Crippen LogP contribution in [0.3, 0.4) is 0 Å². The van der Waals surface area contributed by atoms with Crippen LogP contribution in [0, 0.1) is 6.92 Å². The van der Waals surface area contributed by atoms with Crippen molar-refractivity contribution in [2.75, 3.05) is 5.32 Å². The van der Waals surface area contributed by atoms with Gasteiger partial charge < -0.3 is 5.32 Å². The molecule has 1 saturated heterocycles. The Morgan fingerprint density at radius 1 is 1.37 bits per heavy atom. The summed E-state index contributed by atoms with van der Waals surface area (Å²) in [5, 5.41) is 5.31. The van der Waals surface area contributed by atoms with E-state index < -0.39 is 6.04 Å². The second kappa shape index (κ2) is 5.34. The van der Waals surface area contributed by atoms with E-state index in [1.54, 1.807) is 0 Å². The third-order valence-electron chi connectivity index (χ3n) is 3.01. The number of amides is 2. The summed E-state index contributed by atoms with van der Waals surface area (Å²) in [6, 6.07) is 1.49. The summed E-state index contributed by atoms with van der Waals surface area (Å²) in [4.78, 5) is 31.4. The molecule has 2 amide bonds. The number of hydrogen-bond acceptors (Lipinski definition) is 5. The number of hydrogen-bond donors (Lipinski definition) is 2. The van der Waals surface area contributed by atoms with Crippen molar-refractivity contribution < 1.29 is 9.59 Å². The topological polar surface area (TPSA) is 84.0 Å². The summed E-state index contributed by atoms with van der Waals surface area (Å²) in [6.07, 6.45) is 0.811. The fourth-order valence-corrected chi connectivity index (χ4v) is 1.94. The number of aromatic nitrogens is 2. The van der Waals surface area contributed by atoms with E-state index in [2.05, 4.69) is 34.4 Å². The van der Waals surface area contributed by atoms with Crippen molar-refractivity contribution in [3.8, 4) is 0 Å². The molecule has 1 aliphatic rings. The predicted octanol–water partition coefficient (Wildman–Crippen LogP) is 1.13. The zero-order valence-corrected chi connectivity index (χ0v) is 11.4. The molecule has 2 N–H and O–H groups in total. The van der Waals surface area contributed by atoms with E-state index in [0.717, 1.165) is 11.4 Å². The van der Waals surface area contributed by atoms with Crippen LogP contribution in [-0.4, -0.2) is 27.8 Å². The van der Waals surface area contributed by atoms with E-state index in [4.69, 9.17) is 0 Å². The van der Waals surface area contributed by atoms with E-state index in [1.165, 1.54) is 0 Å². The Balaban J connectivity index is 2.14. The maximum atomic E-state index is 11.7. The van der Waals surface area contributed by atoms with Gasteiger partial charge in [0.15, 0.2) is 0 Å². The Morgan fingerprint density at radius 3 is 2.74 bits per heavy atom. The zero-order valence-electron chi connectivity index (χ0n) is 11.4. The Hall–Kier alpha value is -1.98. The molecular weight excluding hydrogens is 244 g/mol. The number of carbonyl (C=O) groups is 2. The highest BCUT2D eigenvalue weighted by molar-refractivity contribution is 6.01. The van der Waals surface area contributed by atoms with Gasteiger partial charge in [0, 0.05) is 17.8 Å². The van der Waals surface area contributed by atoms with Crippen LogP contribution in [0.25, 0.3) is 0 Å². The molecule has 19 heavy (non-hydrogen) atoms. The standard InChI is InChI=1S/C13H18N4O2/c1-7(2)10-6-8(3)14-13(16-10)15-9-4-5-11(18)17-12(9)19/h6-7,9H,4-5H2,1-3H3,(H,14,15,16)(H,17,18,19). The molecule has 1 aromatic heterocycles. The van der Waals surface area contributed by atoms with Crippen molar-refractivity contribution >= 4 is 17.8 Å². The summed E-state index contributed by atoms with van der Waals surface area (Å²) in [5.41, 5.74) is 1.79. The molecule has 6 nitrogen and oxygen atoms in total. The van der Waals surface area contributed by atoms with Gasteiger partial charge in [0.05, 0.1) is 0 Å². The van der Waals surface area contributed by atoms with Crippen LogP contribution in [0.4, 0.5) is 5.95 Å². The number of anilines is 1. The zero-order chi connectivity index (χ0) is 14.0. The van der Waals surface area contributed by atoms with Gasteiger partial charge in [-0.3, -0.25) is 14.9 Å². The number of imide groups is 1. The number of nitrogens with zero attached hydrogens (tertiary/aromatic N) is 2. The van der Waals surface area contributed by atoms with Gasteiger partial charge in [-0.05, 0) is 25.3 Å². The molecule has 0 spiro atoms. The van der Waals surface area contributed by atoms with Gasteiger partial charge in [0.1, 0.15) is 6.04 Å². The molecule has 102 valence electrons. The molecule has 0 aromatic carbocycles. The lowest BCUT2D eigenvalue weighted by Crippen LogP contribution is -2.47. The van der Waals surface area contributed by atoms with Crippen LogP contribution in [0.2, 0.25) is 0 Å². The highest BCUT2D eigenvalue weighted by Gasteiger charge is 2.27.